The Balaban J connectivity index is 5.51. The molecule has 0 spiro atoms. The summed E-state index contributed by atoms with van der Waals surface area (Å²) < 4.78 is 0. The van der Waals surface area contributed by atoms with Crippen LogP contribution in [0.4, 0.5) is 0 Å². The van der Waals surface area contributed by atoms with E-state index in [0.717, 1.165) is 12.8 Å². The zero-order valence-electron chi connectivity index (χ0n) is 18.5. The van der Waals surface area contributed by atoms with Crippen molar-refractivity contribution in [2.75, 3.05) is 26.2 Å². The minimum absolute atomic E-state index is 0.132. The fraction of sp³-hybridized carbons (Fsp3) is 0.739. The van der Waals surface area contributed by atoms with Gasteiger partial charge in [0.1, 0.15) is 0 Å². The molecule has 0 aliphatic heterocycles. The molecule has 0 heterocycles. The second kappa shape index (κ2) is 15.5. The molecule has 156 valence electrons. The molecule has 2 unspecified atom stereocenters. The largest absolute Gasteiger partial charge is 0.343 e. The number of hydrogen-bond acceptors (Lipinski definition) is 2. The van der Waals surface area contributed by atoms with E-state index >= 15 is 0 Å². The van der Waals surface area contributed by atoms with Crippen LogP contribution in [-0.2, 0) is 9.59 Å². The lowest BCUT2D eigenvalue weighted by Gasteiger charge is -2.29. The highest BCUT2D eigenvalue weighted by molar-refractivity contribution is 5.82. The van der Waals surface area contributed by atoms with Crippen LogP contribution in [0.15, 0.2) is 24.3 Å². The summed E-state index contributed by atoms with van der Waals surface area (Å²) in [6.07, 6.45) is 12.4. The van der Waals surface area contributed by atoms with Gasteiger partial charge in [0.25, 0.3) is 0 Å². The van der Waals surface area contributed by atoms with Crippen LogP contribution in [0.3, 0.4) is 0 Å². The van der Waals surface area contributed by atoms with Crippen LogP contribution >= 0.6 is 0 Å². The molecule has 0 N–H and O–H groups in total. The van der Waals surface area contributed by atoms with E-state index < -0.39 is 0 Å². The smallest absolute Gasteiger partial charge is 0.225 e. The summed E-state index contributed by atoms with van der Waals surface area (Å²) in [5.41, 5.74) is 0. The lowest BCUT2D eigenvalue weighted by atomic mass is 9.87. The summed E-state index contributed by atoms with van der Waals surface area (Å²) in [7, 11) is 0. The van der Waals surface area contributed by atoms with Crippen molar-refractivity contribution in [3.63, 3.8) is 0 Å². The Kier molecular flexibility index (Phi) is 14.6. The molecule has 2 amide bonds. The lowest BCUT2D eigenvalue weighted by molar-refractivity contribution is -0.138. The minimum atomic E-state index is -0.132. The summed E-state index contributed by atoms with van der Waals surface area (Å²) in [6.45, 7) is 15.1. The molecule has 0 aromatic heterocycles. The highest BCUT2D eigenvalue weighted by Gasteiger charge is 2.29. The monoisotopic (exact) mass is 378 g/mol. The second-order valence-corrected chi connectivity index (χ2v) is 6.88. The highest BCUT2D eigenvalue weighted by Crippen LogP contribution is 2.24. The molecule has 0 aliphatic carbocycles. The Morgan fingerprint density at radius 1 is 0.630 bits per heavy atom. The third-order valence-corrected chi connectivity index (χ3v) is 5.06. The Bertz CT molecular complexity index is 421. The predicted molar refractivity (Wildman–Crippen MR) is 116 cm³/mol. The van der Waals surface area contributed by atoms with Crippen LogP contribution < -0.4 is 0 Å². The molecular formula is C23H42N2O2. The quantitative estimate of drug-likeness (QED) is 0.396. The molecule has 4 heteroatoms. The fourth-order valence-corrected chi connectivity index (χ4v) is 3.38. The topological polar surface area (TPSA) is 40.6 Å². The van der Waals surface area contributed by atoms with Crippen molar-refractivity contribution in [1.82, 2.24) is 9.80 Å². The van der Waals surface area contributed by atoms with Gasteiger partial charge in [0.15, 0.2) is 0 Å². The van der Waals surface area contributed by atoms with E-state index in [-0.39, 0.29) is 23.7 Å². The molecule has 27 heavy (non-hydrogen) atoms. The Hall–Kier alpha value is -1.58. The number of amides is 2. The first kappa shape index (κ1) is 25.4. The first-order valence-corrected chi connectivity index (χ1v) is 10.9. The van der Waals surface area contributed by atoms with Crippen LogP contribution in [0.2, 0.25) is 0 Å². The molecule has 0 aliphatic rings. The molecule has 0 radical (unpaired) electrons. The van der Waals surface area contributed by atoms with Crippen molar-refractivity contribution >= 4 is 11.8 Å². The average molecular weight is 379 g/mol. The molecule has 0 bridgehead atoms. The molecule has 0 saturated carbocycles. The molecule has 4 nitrogen and oxygen atoms in total. The van der Waals surface area contributed by atoms with E-state index in [2.05, 4.69) is 38.2 Å². The Morgan fingerprint density at radius 2 is 0.963 bits per heavy atom. The zero-order chi connectivity index (χ0) is 20.7. The Morgan fingerprint density at radius 3 is 1.22 bits per heavy atom. The SMILES string of the molecule is CC/C=C\CC(CC(C/C=C\CC)C(=O)N(CC)CC)C(=O)N(CC)CC. The van der Waals surface area contributed by atoms with E-state index in [1.54, 1.807) is 0 Å². The number of allylic oxidation sites excluding steroid dienone is 4. The van der Waals surface area contributed by atoms with Gasteiger partial charge in [0, 0.05) is 38.0 Å². The summed E-state index contributed by atoms with van der Waals surface area (Å²) in [5.74, 6) is 0.0922. The minimum Gasteiger partial charge on any atom is -0.343 e. The molecule has 0 rings (SSSR count). The third-order valence-electron chi connectivity index (χ3n) is 5.06. The van der Waals surface area contributed by atoms with E-state index in [9.17, 15) is 9.59 Å². The molecule has 0 aromatic rings. The summed E-state index contributed by atoms with van der Waals surface area (Å²) in [6, 6.07) is 0. The van der Waals surface area contributed by atoms with Gasteiger partial charge in [-0.1, -0.05) is 38.2 Å². The van der Waals surface area contributed by atoms with Crippen LogP contribution in [0.25, 0.3) is 0 Å². The van der Waals surface area contributed by atoms with Crippen molar-refractivity contribution in [3.8, 4) is 0 Å². The van der Waals surface area contributed by atoms with Crippen molar-refractivity contribution in [2.24, 2.45) is 11.8 Å². The maximum absolute atomic E-state index is 13.0. The number of rotatable bonds is 14. The fourth-order valence-electron chi connectivity index (χ4n) is 3.38. The average Bonchev–Trinajstić information content (AvgIpc) is 2.67. The molecule has 0 aromatic carbocycles. The van der Waals surface area contributed by atoms with E-state index in [0.29, 0.717) is 45.4 Å². The summed E-state index contributed by atoms with van der Waals surface area (Å²) >= 11 is 0. The number of hydrogen-bond donors (Lipinski definition) is 0. The highest BCUT2D eigenvalue weighted by atomic mass is 16.2. The molecule has 0 saturated heterocycles. The molecule has 2 atom stereocenters. The van der Waals surface area contributed by atoms with Gasteiger partial charge in [-0.25, -0.2) is 0 Å². The number of carbonyl (C=O) groups excluding carboxylic acids is 2. The van der Waals surface area contributed by atoms with Crippen molar-refractivity contribution in [2.45, 2.75) is 73.6 Å². The van der Waals surface area contributed by atoms with Gasteiger partial charge in [-0.15, -0.1) is 0 Å². The lowest BCUT2D eigenvalue weighted by Crippen LogP contribution is -2.40. The van der Waals surface area contributed by atoms with Crippen molar-refractivity contribution < 1.29 is 9.59 Å². The molecular weight excluding hydrogens is 336 g/mol. The first-order valence-electron chi connectivity index (χ1n) is 10.9. The summed E-state index contributed by atoms with van der Waals surface area (Å²) in [5, 5.41) is 0. The number of carbonyl (C=O) groups is 2. The van der Waals surface area contributed by atoms with Crippen molar-refractivity contribution in [1.29, 1.82) is 0 Å². The van der Waals surface area contributed by atoms with Gasteiger partial charge in [-0.3, -0.25) is 9.59 Å². The van der Waals surface area contributed by atoms with Crippen LogP contribution in [-0.4, -0.2) is 47.8 Å². The maximum Gasteiger partial charge on any atom is 0.225 e. The maximum atomic E-state index is 13.0. The van der Waals surface area contributed by atoms with Crippen LogP contribution in [0.1, 0.15) is 73.6 Å². The van der Waals surface area contributed by atoms with Gasteiger partial charge < -0.3 is 9.80 Å². The van der Waals surface area contributed by atoms with E-state index in [1.807, 2.05) is 37.5 Å². The van der Waals surface area contributed by atoms with Crippen LogP contribution in [0.5, 0.6) is 0 Å². The van der Waals surface area contributed by atoms with Gasteiger partial charge in [0.2, 0.25) is 11.8 Å². The normalized spacial score (nSPS) is 13.9. The van der Waals surface area contributed by atoms with Gasteiger partial charge in [-0.05, 0) is 59.8 Å². The van der Waals surface area contributed by atoms with Gasteiger partial charge >= 0.3 is 0 Å². The first-order chi connectivity index (χ1) is 13.0. The van der Waals surface area contributed by atoms with Crippen molar-refractivity contribution in [3.05, 3.63) is 24.3 Å². The van der Waals surface area contributed by atoms with Gasteiger partial charge in [0.05, 0.1) is 0 Å². The summed E-state index contributed by atoms with van der Waals surface area (Å²) in [4.78, 5) is 29.9. The predicted octanol–water partition coefficient (Wildman–Crippen LogP) is 5.06. The standard InChI is InChI=1S/C23H42N2O2/c1-7-13-15-17-20(22(26)24(9-3)10-4)19-21(18-16-14-8-2)23(27)25(11-5)12-6/h13-16,20-21H,7-12,17-19H2,1-6H3/b15-13-,16-14-. The Labute approximate surface area is 167 Å². The third kappa shape index (κ3) is 9.25. The molecule has 0 fully saturated rings. The van der Waals surface area contributed by atoms with Gasteiger partial charge in [-0.2, -0.15) is 0 Å². The van der Waals surface area contributed by atoms with E-state index in [4.69, 9.17) is 0 Å². The second-order valence-electron chi connectivity index (χ2n) is 6.88. The van der Waals surface area contributed by atoms with E-state index in [1.165, 1.54) is 0 Å². The zero-order valence-corrected chi connectivity index (χ0v) is 18.5. The van der Waals surface area contributed by atoms with Crippen LogP contribution in [0, 0.1) is 11.8 Å². The number of nitrogens with zero attached hydrogens (tertiary/aromatic N) is 2.